The van der Waals surface area contributed by atoms with Crippen molar-refractivity contribution in [1.82, 2.24) is 5.32 Å². The lowest BCUT2D eigenvalue weighted by molar-refractivity contribution is -0.00583. The van der Waals surface area contributed by atoms with Gasteiger partial charge in [-0.05, 0) is 31.7 Å². The summed E-state index contributed by atoms with van der Waals surface area (Å²) in [6.07, 6.45) is 6.62. The fraction of sp³-hybridized carbons (Fsp3) is 0.667. The van der Waals surface area contributed by atoms with E-state index in [-0.39, 0.29) is 11.6 Å². The molecule has 1 aliphatic carbocycles. The van der Waals surface area contributed by atoms with Crippen molar-refractivity contribution in [2.45, 2.75) is 56.3 Å². The molecule has 4 heteroatoms. The SMILES string of the molecule is COCC(O)CNC1CC2(CCCCC2)Oc2ccccc21. The Morgan fingerprint density at radius 3 is 2.86 bits per heavy atom. The highest BCUT2D eigenvalue weighted by atomic mass is 16.5. The van der Waals surface area contributed by atoms with Gasteiger partial charge < -0.3 is 19.9 Å². The maximum absolute atomic E-state index is 9.91. The number of nitrogens with one attached hydrogen (secondary N) is 1. The zero-order valence-corrected chi connectivity index (χ0v) is 13.4. The van der Waals surface area contributed by atoms with Gasteiger partial charge in [0.15, 0.2) is 0 Å². The summed E-state index contributed by atoms with van der Waals surface area (Å²) in [5, 5.41) is 13.4. The molecule has 0 aromatic heterocycles. The summed E-state index contributed by atoms with van der Waals surface area (Å²) in [7, 11) is 1.62. The number of para-hydroxylation sites is 1. The lowest BCUT2D eigenvalue weighted by Crippen LogP contribution is -2.46. The van der Waals surface area contributed by atoms with Crippen LogP contribution in [0.2, 0.25) is 0 Å². The lowest BCUT2D eigenvalue weighted by Gasteiger charge is -2.45. The monoisotopic (exact) mass is 305 g/mol. The van der Waals surface area contributed by atoms with Gasteiger partial charge in [0.25, 0.3) is 0 Å². The quantitative estimate of drug-likeness (QED) is 0.878. The van der Waals surface area contributed by atoms with Gasteiger partial charge in [0.2, 0.25) is 0 Å². The first kappa shape index (κ1) is 15.8. The Morgan fingerprint density at radius 1 is 1.32 bits per heavy atom. The van der Waals surface area contributed by atoms with Crippen molar-refractivity contribution in [3.05, 3.63) is 29.8 Å². The molecule has 1 fully saturated rings. The van der Waals surface area contributed by atoms with Gasteiger partial charge in [0.1, 0.15) is 11.4 Å². The van der Waals surface area contributed by atoms with Gasteiger partial charge in [-0.2, -0.15) is 0 Å². The van der Waals surface area contributed by atoms with Crippen molar-refractivity contribution in [3.63, 3.8) is 0 Å². The van der Waals surface area contributed by atoms with E-state index in [0.29, 0.717) is 13.2 Å². The Kier molecular flexibility index (Phi) is 5.01. The smallest absolute Gasteiger partial charge is 0.124 e. The molecule has 4 nitrogen and oxygen atoms in total. The second-order valence-corrected chi connectivity index (χ2v) is 6.66. The van der Waals surface area contributed by atoms with Crippen molar-refractivity contribution < 1.29 is 14.6 Å². The van der Waals surface area contributed by atoms with Crippen molar-refractivity contribution >= 4 is 0 Å². The Hall–Kier alpha value is -1.10. The van der Waals surface area contributed by atoms with Gasteiger partial charge >= 0.3 is 0 Å². The Balaban J connectivity index is 1.75. The Bertz CT molecular complexity index is 485. The van der Waals surface area contributed by atoms with E-state index in [2.05, 4.69) is 23.5 Å². The maximum Gasteiger partial charge on any atom is 0.124 e. The number of aliphatic hydroxyl groups excluding tert-OH is 1. The first-order chi connectivity index (χ1) is 10.7. The molecular formula is C18H27NO3. The summed E-state index contributed by atoms with van der Waals surface area (Å²) < 4.78 is 11.4. The molecule has 2 unspecified atom stereocenters. The second kappa shape index (κ2) is 6.99. The summed E-state index contributed by atoms with van der Waals surface area (Å²) in [5.41, 5.74) is 1.19. The first-order valence-corrected chi connectivity index (χ1v) is 8.41. The number of ether oxygens (including phenoxy) is 2. The standard InChI is InChI=1S/C18H27NO3/c1-21-13-14(20)12-19-16-11-18(9-5-2-6-10-18)22-17-8-4-3-7-15(16)17/h3-4,7-8,14,16,19-20H,2,5-6,9-13H2,1H3. The Morgan fingerprint density at radius 2 is 2.09 bits per heavy atom. The van der Waals surface area contributed by atoms with Crippen molar-refractivity contribution in [1.29, 1.82) is 0 Å². The van der Waals surface area contributed by atoms with Crippen LogP contribution in [0.5, 0.6) is 5.75 Å². The highest BCUT2D eigenvalue weighted by Crippen LogP contribution is 2.45. The summed E-state index contributed by atoms with van der Waals surface area (Å²) in [5.74, 6) is 1.01. The minimum atomic E-state index is -0.470. The minimum absolute atomic E-state index is 0.0174. The van der Waals surface area contributed by atoms with Crippen LogP contribution >= 0.6 is 0 Å². The average molecular weight is 305 g/mol. The van der Waals surface area contributed by atoms with Crippen LogP contribution in [0.4, 0.5) is 0 Å². The zero-order valence-electron chi connectivity index (χ0n) is 13.4. The van der Waals surface area contributed by atoms with Crippen LogP contribution < -0.4 is 10.1 Å². The fourth-order valence-corrected chi connectivity index (χ4v) is 3.83. The van der Waals surface area contributed by atoms with Crippen LogP contribution in [0.15, 0.2) is 24.3 Å². The molecule has 1 heterocycles. The fourth-order valence-electron chi connectivity index (χ4n) is 3.83. The molecule has 1 aromatic rings. The van der Waals surface area contributed by atoms with E-state index in [1.54, 1.807) is 7.11 Å². The van der Waals surface area contributed by atoms with Gasteiger partial charge in [-0.25, -0.2) is 0 Å². The molecule has 0 radical (unpaired) electrons. The van der Waals surface area contributed by atoms with Crippen molar-refractivity contribution in [2.75, 3.05) is 20.3 Å². The van der Waals surface area contributed by atoms with E-state index < -0.39 is 6.10 Å². The second-order valence-electron chi connectivity index (χ2n) is 6.66. The average Bonchev–Trinajstić information content (AvgIpc) is 2.53. The van der Waals surface area contributed by atoms with E-state index in [9.17, 15) is 5.11 Å². The number of rotatable bonds is 5. The van der Waals surface area contributed by atoms with E-state index in [0.717, 1.165) is 25.0 Å². The number of hydrogen-bond donors (Lipinski definition) is 2. The molecule has 1 spiro atoms. The van der Waals surface area contributed by atoms with E-state index in [1.165, 1.54) is 24.8 Å². The molecule has 0 amide bonds. The summed E-state index contributed by atoms with van der Waals surface area (Å²) in [4.78, 5) is 0. The highest BCUT2D eigenvalue weighted by Gasteiger charge is 2.41. The van der Waals surface area contributed by atoms with E-state index in [1.807, 2.05) is 6.07 Å². The molecule has 1 aromatic carbocycles. The van der Waals surface area contributed by atoms with E-state index in [4.69, 9.17) is 9.47 Å². The molecule has 0 bridgehead atoms. The van der Waals surface area contributed by atoms with Crippen LogP contribution in [0.3, 0.4) is 0 Å². The molecular weight excluding hydrogens is 278 g/mol. The highest BCUT2D eigenvalue weighted by molar-refractivity contribution is 5.39. The molecule has 2 aliphatic rings. The molecule has 122 valence electrons. The number of aliphatic hydroxyl groups is 1. The molecule has 1 saturated carbocycles. The third kappa shape index (κ3) is 3.45. The van der Waals surface area contributed by atoms with Gasteiger partial charge in [-0.3, -0.25) is 0 Å². The molecule has 0 saturated heterocycles. The van der Waals surface area contributed by atoms with Crippen LogP contribution in [-0.2, 0) is 4.74 Å². The number of benzene rings is 1. The van der Waals surface area contributed by atoms with E-state index >= 15 is 0 Å². The summed E-state index contributed by atoms with van der Waals surface area (Å²) in [6.45, 7) is 0.909. The van der Waals surface area contributed by atoms with Crippen LogP contribution in [0, 0.1) is 0 Å². The summed E-state index contributed by atoms with van der Waals surface area (Å²) in [6, 6.07) is 8.55. The molecule has 2 atom stereocenters. The number of methoxy groups -OCH3 is 1. The maximum atomic E-state index is 9.91. The van der Waals surface area contributed by atoms with Crippen LogP contribution in [-0.4, -0.2) is 37.1 Å². The van der Waals surface area contributed by atoms with Gasteiger partial charge in [0, 0.05) is 31.7 Å². The number of fused-ring (bicyclic) bond motifs is 1. The molecule has 2 N–H and O–H groups in total. The van der Waals surface area contributed by atoms with Crippen LogP contribution in [0.1, 0.15) is 50.1 Å². The van der Waals surface area contributed by atoms with Gasteiger partial charge in [-0.1, -0.05) is 24.6 Å². The predicted octanol–water partition coefficient (Wildman–Crippen LogP) is 2.81. The minimum Gasteiger partial charge on any atom is -0.487 e. The third-order valence-corrected chi connectivity index (χ3v) is 4.92. The van der Waals surface area contributed by atoms with Crippen LogP contribution in [0.25, 0.3) is 0 Å². The summed E-state index contributed by atoms with van der Waals surface area (Å²) >= 11 is 0. The van der Waals surface area contributed by atoms with Gasteiger partial charge in [-0.15, -0.1) is 0 Å². The normalized spacial score (nSPS) is 24.5. The van der Waals surface area contributed by atoms with Crippen molar-refractivity contribution in [2.24, 2.45) is 0 Å². The molecule has 3 rings (SSSR count). The zero-order chi connectivity index (χ0) is 15.4. The number of hydrogen-bond acceptors (Lipinski definition) is 4. The molecule has 22 heavy (non-hydrogen) atoms. The lowest BCUT2D eigenvalue weighted by atomic mass is 9.77. The van der Waals surface area contributed by atoms with Gasteiger partial charge in [0.05, 0.1) is 12.7 Å². The molecule has 1 aliphatic heterocycles. The largest absolute Gasteiger partial charge is 0.487 e. The third-order valence-electron chi connectivity index (χ3n) is 4.92. The predicted molar refractivity (Wildman–Crippen MR) is 86.1 cm³/mol. The topological polar surface area (TPSA) is 50.7 Å². The first-order valence-electron chi connectivity index (χ1n) is 8.41. The van der Waals surface area contributed by atoms with Crippen molar-refractivity contribution in [3.8, 4) is 5.75 Å². The Labute approximate surface area is 132 Å².